The SMILES string of the molecule is Cc1cc(N2CC(n3cc(C(N)=O)cn3)C2)n2nccc2n1. The summed E-state index contributed by atoms with van der Waals surface area (Å²) in [6, 6.07) is 4.14. The van der Waals surface area contributed by atoms with Gasteiger partial charge in [-0.1, -0.05) is 0 Å². The Kier molecular flexibility index (Phi) is 2.65. The van der Waals surface area contributed by atoms with Crippen LogP contribution in [0.4, 0.5) is 5.82 Å². The van der Waals surface area contributed by atoms with Crippen molar-refractivity contribution in [3.05, 3.63) is 42.0 Å². The summed E-state index contributed by atoms with van der Waals surface area (Å²) in [5.41, 5.74) is 7.49. The lowest BCUT2D eigenvalue weighted by atomic mass is 10.1. The van der Waals surface area contributed by atoms with Crippen LogP contribution in [0.5, 0.6) is 0 Å². The number of hydrogen-bond acceptors (Lipinski definition) is 5. The van der Waals surface area contributed by atoms with Crippen molar-refractivity contribution in [3.8, 4) is 0 Å². The summed E-state index contributed by atoms with van der Waals surface area (Å²) in [4.78, 5) is 17.8. The summed E-state index contributed by atoms with van der Waals surface area (Å²) in [6.45, 7) is 3.58. The maximum absolute atomic E-state index is 11.1. The molecular weight excluding hydrogens is 282 g/mol. The average molecular weight is 297 g/mol. The van der Waals surface area contributed by atoms with Crippen LogP contribution in [0.25, 0.3) is 5.65 Å². The van der Waals surface area contributed by atoms with Crippen LogP contribution in [-0.4, -0.2) is 43.4 Å². The minimum Gasteiger partial charge on any atom is -0.366 e. The molecule has 112 valence electrons. The summed E-state index contributed by atoms with van der Waals surface area (Å²) < 4.78 is 3.63. The Bertz CT molecular complexity index is 859. The highest BCUT2D eigenvalue weighted by molar-refractivity contribution is 5.92. The minimum absolute atomic E-state index is 0.229. The number of aryl methyl sites for hydroxylation is 1. The number of rotatable bonds is 3. The lowest BCUT2D eigenvalue weighted by Crippen LogP contribution is -2.48. The first-order valence-corrected chi connectivity index (χ1v) is 7.02. The normalized spacial score (nSPS) is 15.2. The molecule has 0 bridgehead atoms. The molecule has 0 saturated carbocycles. The van der Waals surface area contributed by atoms with Crippen LogP contribution in [0, 0.1) is 6.92 Å². The molecule has 4 rings (SSSR count). The quantitative estimate of drug-likeness (QED) is 0.755. The van der Waals surface area contributed by atoms with Crippen LogP contribution in [0.15, 0.2) is 30.7 Å². The molecule has 1 amide bonds. The smallest absolute Gasteiger partial charge is 0.251 e. The van der Waals surface area contributed by atoms with Gasteiger partial charge in [0.25, 0.3) is 5.91 Å². The predicted molar refractivity (Wildman–Crippen MR) is 79.7 cm³/mol. The molecule has 8 heteroatoms. The summed E-state index contributed by atoms with van der Waals surface area (Å²) in [7, 11) is 0. The van der Waals surface area contributed by atoms with E-state index in [2.05, 4.69) is 20.1 Å². The Labute approximate surface area is 126 Å². The van der Waals surface area contributed by atoms with E-state index < -0.39 is 5.91 Å². The molecule has 0 spiro atoms. The zero-order chi connectivity index (χ0) is 15.3. The monoisotopic (exact) mass is 297 g/mol. The first-order chi connectivity index (χ1) is 10.6. The van der Waals surface area contributed by atoms with Crippen LogP contribution in [0.1, 0.15) is 22.1 Å². The second kappa shape index (κ2) is 4.55. The third-order valence-electron chi connectivity index (χ3n) is 3.92. The first-order valence-electron chi connectivity index (χ1n) is 7.02. The Balaban J connectivity index is 1.57. The number of amides is 1. The van der Waals surface area contributed by atoms with E-state index in [9.17, 15) is 4.79 Å². The predicted octanol–water partition coefficient (Wildman–Crippen LogP) is 0.394. The van der Waals surface area contributed by atoms with Gasteiger partial charge in [-0.25, -0.2) is 4.98 Å². The number of primary amides is 1. The van der Waals surface area contributed by atoms with Gasteiger partial charge in [0.2, 0.25) is 0 Å². The molecule has 3 aromatic heterocycles. The molecule has 1 aliphatic heterocycles. The summed E-state index contributed by atoms with van der Waals surface area (Å²) in [6.07, 6.45) is 4.95. The third kappa shape index (κ3) is 1.92. The number of aromatic nitrogens is 5. The molecule has 1 saturated heterocycles. The van der Waals surface area contributed by atoms with Crippen molar-refractivity contribution in [1.29, 1.82) is 0 Å². The number of nitrogens with zero attached hydrogens (tertiary/aromatic N) is 6. The first kappa shape index (κ1) is 12.8. The van der Waals surface area contributed by atoms with Crippen molar-refractivity contribution >= 4 is 17.4 Å². The third-order valence-corrected chi connectivity index (χ3v) is 3.92. The number of carbonyl (C=O) groups is 1. The number of anilines is 1. The highest BCUT2D eigenvalue weighted by Crippen LogP contribution is 2.28. The van der Waals surface area contributed by atoms with E-state index in [4.69, 9.17) is 5.73 Å². The zero-order valence-corrected chi connectivity index (χ0v) is 12.0. The van der Waals surface area contributed by atoms with Gasteiger partial charge in [0.1, 0.15) is 5.82 Å². The van der Waals surface area contributed by atoms with Crippen molar-refractivity contribution in [2.24, 2.45) is 5.73 Å². The van der Waals surface area contributed by atoms with Gasteiger partial charge in [0, 0.05) is 37.1 Å². The highest BCUT2D eigenvalue weighted by Gasteiger charge is 2.31. The molecule has 4 heterocycles. The molecule has 0 atom stereocenters. The van der Waals surface area contributed by atoms with E-state index in [0.29, 0.717) is 5.56 Å². The van der Waals surface area contributed by atoms with E-state index >= 15 is 0 Å². The fraction of sp³-hybridized carbons (Fsp3) is 0.286. The van der Waals surface area contributed by atoms with Gasteiger partial charge in [-0.15, -0.1) is 0 Å². The van der Waals surface area contributed by atoms with Crippen LogP contribution < -0.4 is 10.6 Å². The maximum atomic E-state index is 11.1. The fourth-order valence-electron chi connectivity index (χ4n) is 2.72. The van der Waals surface area contributed by atoms with Crippen molar-refractivity contribution in [2.75, 3.05) is 18.0 Å². The van der Waals surface area contributed by atoms with Crippen LogP contribution in [-0.2, 0) is 0 Å². The number of carbonyl (C=O) groups excluding carboxylic acids is 1. The molecule has 0 radical (unpaired) electrons. The van der Waals surface area contributed by atoms with Gasteiger partial charge in [-0.2, -0.15) is 14.7 Å². The molecule has 0 unspecified atom stereocenters. The molecule has 2 N–H and O–H groups in total. The van der Waals surface area contributed by atoms with E-state index in [1.807, 2.05) is 23.6 Å². The molecule has 8 nitrogen and oxygen atoms in total. The Morgan fingerprint density at radius 3 is 2.91 bits per heavy atom. The zero-order valence-electron chi connectivity index (χ0n) is 12.0. The Hall–Kier alpha value is -2.90. The maximum Gasteiger partial charge on any atom is 0.251 e. The van der Waals surface area contributed by atoms with Crippen LogP contribution in [0.3, 0.4) is 0 Å². The standard InChI is InChI=1S/C14H15N7O/c1-9-4-13(21-12(18-9)2-3-16-21)19-7-11(8-19)20-6-10(5-17-20)14(15)22/h2-6,11H,7-8H2,1H3,(H2,15,22). The van der Waals surface area contributed by atoms with Gasteiger partial charge in [-0.3, -0.25) is 9.48 Å². The van der Waals surface area contributed by atoms with Crippen molar-refractivity contribution in [3.63, 3.8) is 0 Å². The van der Waals surface area contributed by atoms with Gasteiger partial charge >= 0.3 is 0 Å². The van der Waals surface area contributed by atoms with Crippen molar-refractivity contribution in [2.45, 2.75) is 13.0 Å². The van der Waals surface area contributed by atoms with E-state index in [-0.39, 0.29) is 6.04 Å². The van der Waals surface area contributed by atoms with E-state index in [1.54, 1.807) is 17.1 Å². The van der Waals surface area contributed by atoms with Crippen molar-refractivity contribution in [1.82, 2.24) is 24.4 Å². The lowest BCUT2D eigenvalue weighted by molar-refractivity contribution is 0.1000. The Morgan fingerprint density at radius 2 is 2.18 bits per heavy atom. The second-order valence-corrected chi connectivity index (χ2v) is 5.49. The lowest BCUT2D eigenvalue weighted by Gasteiger charge is -2.40. The number of hydrogen-bond donors (Lipinski definition) is 1. The Morgan fingerprint density at radius 1 is 1.36 bits per heavy atom. The fourth-order valence-corrected chi connectivity index (χ4v) is 2.72. The summed E-state index contributed by atoms with van der Waals surface area (Å²) in [5, 5.41) is 8.53. The van der Waals surface area contributed by atoms with Crippen LogP contribution in [0.2, 0.25) is 0 Å². The summed E-state index contributed by atoms with van der Waals surface area (Å²) in [5.74, 6) is 0.566. The molecular formula is C14H15N7O. The second-order valence-electron chi connectivity index (χ2n) is 5.49. The van der Waals surface area contributed by atoms with Gasteiger partial charge in [-0.05, 0) is 6.92 Å². The number of nitrogens with two attached hydrogens (primary N) is 1. The van der Waals surface area contributed by atoms with E-state index in [0.717, 1.165) is 30.2 Å². The van der Waals surface area contributed by atoms with Gasteiger partial charge < -0.3 is 10.6 Å². The average Bonchev–Trinajstić information content (AvgIpc) is 3.05. The van der Waals surface area contributed by atoms with Gasteiger partial charge in [0.15, 0.2) is 5.65 Å². The molecule has 0 aromatic carbocycles. The molecule has 1 aliphatic rings. The molecule has 22 heavy (non-hydrogen) atoms. The molecule has 3 aromatic rings. The minimum atomic E-state index is -0.453. The molecule has 1 fully saturated rings. The van der Waals surface area contributed by atoms with E-state index in [1.165, 1.54) is 6.20 Å². The highest BCUT2D eigenvalue weighted by atomic mass is 16.1. The van der Waals surface area contributed by atoms with Crippen LogP contribution >= 0.6 is 0 Å². The summed E-state index contributed by atoms with van der Waals surface area (Å²) >= 11 is 0. The van der Waals surface area contributed by atoms with Crippen molar-refractivity contribution < 1.29 is 4.79 Å². The topological polar surface area (TPSA) is 94.3 Å². The molecule has 0 aliphatic carbocycles. The van der Waals surface area contributed by atoms with Gasteiger partial charge in [0.05, 0.1) is 24.0 Å². The number of fused-ring (bicyclic) bond motifs is 1. The largest absolute Gasteiger partial charge is 0.366 e.